The van der Waals surface area contributed by atoms with Crippen LogP contribution >= 0.6 is 0 Å². The van der Waals surface area contributed by atoms with Crippen LogP contribution in [0, 0.1) is 11.8 Å². The number of rotatable bonds is 8. The summed E-state index contributed by atoms with van der Waals surface area (Å²) in [5.74, 6) is 1.51. The Bertz CT molecular complexity index is 835. The van der Waals surface area contributed by atoms with E-state index in [9.17, 15) is 0 Å². The second-order valence-corrected chi connectivity index (χ2v) is 9.04. The van der Waals surface area contributed by atoms with Crippen LogP contribution in [0.15, 0.2) is 104 Å². The monoisotopic (exact) mass is 410 g/mol. The zero-order chi connectivity index (χ0) is 21.5. The van der Waals surface area contributed by atoms with Gasteiger partial charge in [0.05, 0.1) is 6.10 Å². The first-order chi connectivity index (χ1) is 15.2. The van der Waals surface area contributed by atoms with E-state index in [1.165, 1.54) is 25.7 Å². The van der Waals surface area contributed by atoms with E-state index in [0.29, 0.717) is 5.92 Å². The van der Waals surface area contributed by atoms with Gasteiger partial charge in [-0.25, -0.2) is 0 Å². The molecule has 0 bridgehead atoms. The standard InChI is InChI=1S/C30H34O/c1-3-29(23-25-15-13-14-24(2)22-25)31-30(26-16-7-4-8-17-26,27-18-9-5-10-19-27)28-20-11-6-12-21-28/h3-12,16-21,24-25,29H,1,13-15,22-23H2,2H3. The fraction of sp³-hybridized carbons (Fsp3) is 0.333. The molecule has 0 amide bonds. The molecule has 1 heteroatoms. The highest BCUT2D eigenvalue weighted by molar-refractivity contribution is 5.47. The molecule has 0 heterocycles. The van der Waals surface area contributed by atoms with E-state index in [4.69, 9.17) is 4.74 Å². The zero-order valence-corrected chi connectivity index (χ0v) is 18.6. The van der Waals surface area contributed by atoms with E-state index in [1.54, 1.807) is 0 Å². The summed E-state index contributed by atoms with van der Waals surface area (Å²) >= 11 is 0. The highest BCUT2D eigenvalue weighted by Gasteiger charge is 2.39. The van der Waals surface area contributed by atoms with Crippen LogP contribution in [0.25, 0.3) is 0 Å². The maximum Gasteiger partial charge on any atom is 0.144 e. The molecule has 0 N–H and O–H groups in total. The average molecular weight is 411 g/mol. The van der Waals surface area contributed by atoms with E-state index in [-0.39, 0.29) is 6.10 Å². The third-order valence-corrected chi connectivity index (χ3v) is 6.74. The quantitative estimate of drug-likeness (QED) is 0.272. The van der Waals surface area contributed by atoms with Crippen LogP contribution in [0.2, 0.25) is 0 Å². The summed E-state index contributed by atoms with van der Waals surface area (Å²) in [7, 11) is 0. The molecule has 3 unspecified atom stereocenters. The predicted molar refractivity (Wildman–Crippen MR) is 130 cm³/mol. The third kappa shape index (κ3) is 4.83. The fourth-order valence-electron chi connectivity index (χ4n) is 5.24. The van der Waals surface area contributed by atoms with Crippen molar-refractivity contribution >= 4 is 0 Å². The van der Waals surface area contributed by atoms with Gasteiger partial charge in [-0.05, 0) is 41.4 Å². The van der Waals surface area contributed by atoms with Gasteiger partial charge in [-0.3, -0.25) is 0 Å². The SMILES string of the molecule is C=CC(CC1CCCC(C)C1)OC(c1ccccc1)(c1ccccc1)c1ccccc1. The number of benzene rings is 3. The molecule has 3 aromatic rings. The minimum absolute atomic E-state index is 0.0177. The minimum Gasteiger partial charge on any atom is -0.354 e. The third-order valence-electron chi connectivity index (χ3n) is 6.74. The highest BCUT2D eigenvalue weighted by atomic mass is 16.5. The van der Waals surface area contributed by atoms with Gasteiger partial charge in [0, 0.05) is 0 Å². The van der Waals surface area contributed by atoms with Crippen LogP contribution in [0.1, 0.15) is 55.7 Å². The Balaban J connectivity index is 1.78. The highest BCUT2D eigenvalue weighted by Crippen LogP contribution is 2.43. The second kappa shape index (κ2) is 10.1. The van der Waals surface area contributed by atoms with Crippen LogP contribution in [-0.2, 0) is 10.3 Å². The summed E-state index contributed by atoms with van der Waals surface area (Å²) < 4.78 is 7.17. The lowest BCUT2D eigenvalue weighted by Crippen LogP contribution is -2.37. The van der Waals surface area contributed by atoms with Crippen molar-refractivity contribution in [1.82, 2.24) is 0 Å². The number of ether oxygens (including phenoxy) is 1. The molecular formula is C30H34O. The molecule has 3 aromatic carbocycles. The predicted octanol–water partition coefficient (Wildman–Crippen LogP) is 7.77. The van der Waals surface area contributed by atoms with Crippen LogP contribution in [0.3, 0.4) is 0 Å². The summed E-state index contributed by atoms with van der Waals surface area (Å²) in [5, 5.41) is 0. The van der Waals surface area contributed by atoms with Crippen molar-refractivity contribution in [2.75, 3.05) is 0 Å². The summed E-state index contributed by atoms with van der Waals surface area (Å²) in [6.45, 7) is 6.57. The van der Waals surface area contributed by atoms with Gasteiger partial charge in [0.1, 0.15) is 5.60 Å². The van der Waals surface area contributed by atoms with E-state index in [0.717, 1.165) is 29.0 Å². The number of hydrogen-bond donors (Lipinski definition) is 0. The lowest BCUT2D eigenvalue weighted by molar-refractivity contribution is -0.0369. The van der Waals surface area contributed by atoms with Gasteiger partial charge < -0.3 is 4.74 Å². The minimum atomic E-state index is -0.678. The summed E-state index contributed by atoms with van der Waals surface area (Å²) in [6, 6.07) is 31.9. The van der Waals surface area contributed by atoms with Crippen molar-refractivity contribution in [3.05, 3.63) is 120 Å². The molecule has 1 saturated carbocycles. The van der Waals surface area contributed by atoms with Crippen LogP contribution in [-0.4, -0.2) is 6.10 Å². The largest absolute Gasteiger partial charge is 0.354 e. The first-order valence-corrected chi connectivity index (χ1v) is 11.7. The Labute approximate surface area is 187 Å². The summed E-state index contributed by atoms with van der Waals surface area (Å²) in [6.07, 6.45) is 8.31. The first kappa shape index (κ1) is 21.6. The lowest BCUT2D eigenvalue weighted by atomic mass is 9.78. The van der Waals surface area contributed by atoms with E-state index in [1.807, 2.05) is 6.08 Å². The Morgan fingerprint density at radius 3 is 1.74 bits per heavy atom. The molecule has 1 aliphatic carbocycles. The summed E-state index contributed by atoms with van der Waals surface area (Å²) in [4.78, 5) is 0. The van der Waals surface area contributed by atoms with Crippen molar-refractivity contribution in [3.8, 4) is 0 Å². The topological polar surface area (TPSA) is 9.23 Å². The molecule has 0 saturated heterocycles. The van der Waals surface area contributed by atoms with Crippen LogP contribution in [0.5, 0.6) is 0 Å². The lowest BCUT2D eigenvalue weighted by Gasteiger charge is -2.39. The fourth-order valence-corrected chi connectivity index (χ4v) is 5.24. The molecule has 1 fully saturated rings. The molecule has 0 aliphatic heterocycles. The molecule has 3 atom stereocenters. The average Bonchev–Trinajstić information content (AvgIpc) is 2.83. The Hall–Kier alpha value is -2.64. The normalized spacial score (nSPS) is 20.2. The second-order valence-electron chi connectivity index (χ2n) is 9.04. The maximum atomic E-state index is 7.17. The van der Waals surface area contributed by atoms with E-state index in [2.05, 4.69) is 104 Å². The molecule has 1 nitrogen and oxygen atoms in total. The van der Waals surface area contributed by atoms with Crippen molar-refractivity contribution in [2.45, 2.75) is 50.7 Å². The smallest absolute Gasteiger partial charge is 0.144 e. The van der Waals surface area contributed by atoms with Crippen molar-refractivity contribution in [2.24, 2.45) is 11.8 Å². The van der Waals surface area contributed by atoms with Crippen LogP contribution < -0.4 is 0 Å². The molecule has 0 radical (unpaired) electrons. The Morgan fingerprint density at radius 2 is 1.32 bits per heavy atom. The molecule has 0 aromatic heterocycles. The van der Waals surface area contributed by atoms with Crippen LogP contribution in [0.4, 0.5) is 0 Å². The van der Waals surface area contributed by atoms with Gasteiger partial charge in [0.15, 0.2) is 0 Å². The Morgan fingerprint density at radius 1 is 0.839 bits per heavy atom. The molecule has 160 valence electrons. The van der Waals surface area contributed by atoms with Gasteiger partial charge in [0.2, 0.25) is 0 Å². The van der Waals surface area contributed by atoms with Gasteiger partial charge in [-0.1, -0.05) is 123 Å². The van der Waals surface area contributed by atoms with Gasteiger partial charge in [-0.15, -0.1) is 6.58 Å². The Kier molecular flexibility index (Phi) is 7.04. The van der Waals surface area contributed by atoms with E-state index >= 15 is 0 Å². The first-order valence-electron chi connectivity index (χ1n) is 11.7. The van der Waals surface area contributed by atoms with Gasteiger partial charge in [-0.2, -0.15) is 0 Å². The molecule has 0 spiro atoms. The molecule has 31 heavy (non-hydrogen) atoms. The molecular weight excluding hydrogens is 376 g/mol. The van der Waals surface area contributed by atoms with Crippen molar-refractivity contribution < 1.29 is 4.74 Å². The summed E-state index contributed by atoms with van der Waals surface area (Å²) in [5.41, 5.74) is 2.77. The maximum absolute atomic E-state index is 7.17. The van der Waals surface area contributed by atoms with E-state index < -0.39 is 5.60 Å². The van der Waals surface area contributed by atoms with Crippen molar-refractivity contribution in [3.63, 3.8) is 0 Å². The van der Waals surface area contributed by atoms with Crippen molar-refractivity contribution in [1.29, 1.82) is 0 Å². The zero-order valence-electron chi connectivity index (χ0n) is 18.6. The van der Waals surface area contributed by atoms with Gasteiger partial charge >= 0.3 is 0 Å². The molecule has 4 rings (SSSR count). The van der Waals surface area contributed by atoms with Gasteiger partial charge in [0.25, 0.3) is 0 Å². The molecule has 1 aliphatic rings. The number of hydrogen-bond acceptors (Lipinski definition) is 1.